The highest BCUT2D eigenvalue weighted by Gasteiger charge is 2.34. The lowest BCUT2D eigenvalue weighted by molar-refractivity contribution is -0.138. The SMILES string of the molecule is C#CCOc1ccc(N)cc1C(F)(F)F. The minimum atomic E-state index is -4.50. The number of benzene rings is 1. The number of halogens is 3. The maximum Gasteiger partial charge on any atom is 0.420 e. The molecule has 0 aliphatic rings. The fourth-order valence-electron chi connectivity index (χ4n) is 1.01. The summed E-state index contributed by atoms with van der Waals surface area (Å²) in [6, 6.07) is 3.28. The summed E-state index contributed by atoms with van der Waals surface area (Å²) in [5.41, 5.74) is 4.36. The van der Waals surface area contributed by atoms with Gasteiger partial charge >= 0.3 is 6.18 Å². The number of nitrogen functional groups attached to an aromatic ring is 1. The molecule has 0 unspecified atom stereocenters. The standard InChI is InChI=1S/C10H8F3NO/c1-2-5-15-9-4-3-7(14)6-8(9)10(11,12)13/h1,3-4,6H,5,14H2. The first-order chi connectivity index (χ1) is 6.95. The van der Waals surface area contributed by atoms with Crippen molar-refractivity contribution >= 4 is 5.69 Å². The molecule has 5 heteroatoms. The van der Waals surface area contributed by atoms with Gasteiger partial charge in [-0.3, -0.25) is 0 Å². The molecular formula is C10H8F3NO. The lowest BCUT2D eigenvalue weighted by Crippen LogP contribution is -2.09. The van der Waals surface area contributed by atoms with Crippen molar-refractivity contribution in [3.63, 3.8) is 0 Å². The molecule has 2 N–H and O–H groups in total. The van der Waals surface area contributed by atoms with E-state index in [-0.39, 0.29) is 18.0 Å². The molecule has 0 aromatic heterocycles. The van der Waals surface area contributed by atoms with Gasteiger partial charge < -0.3 is 10.5 Å². The van der Waals surface area contributed by atoms with Crippen LogP contribution >= 0.6 is 0 Å². The van der Waals surface area contributed by atoms with E-state index < -0.39 is 11.7 Å². The average molecular weight is 215 g/mol. The van der Waals surface area contributed by atoms with Crippen LogP contribution in [-0.2, 0) is 6.18 Å². The quantitative estimate of drug-likeness (QED) is 0.606. The van der Waals surface area contributed by atoms with Gasteiger partial charge in [0.2, 0.25) is 0 Å². The van der Waals surface area contributed by atoms with Crippen molar-refractivity contribution in [1.29, 1.82) is 0 Å². The summed E-state index contributed by atoms with van der Waals surface area (Å²) < 4.78 is 42.2. The second-order valence-electron chi connectivity index (χ2n) is 2.75. The number of ether oxygens (including phenoxy) is 1. The molecule has 1 aromatic rings. The van der Waals surface area contributed by atoms with Crippen LogP contribution in [0.2, 0.25) is 0 Å². The molecule has 0 spiro atoms. The topological polar surface area (TPSA) is 35.2 Å². The summed E-state index contributed by atoms with van der Waals surface area (Å²) >= 11 is 0. The van der Waals surface area contributed by atoms with Gasteiger partial charge in [-0.1, -0.05) is 5.92 Å². The number of hydrogen-bond donors (Lipinski definition) is 1. The molecule has 0 bridgehead atoms. The summed E-state index contributed by atoms with van der Waals surface area (Å²) in [7, 11) is 0. The number of terminal acetylenes is 1. The molecule has 0 fully saturated rings. The smallest absolute Gasteiger partial charge is 0.420 e. The molecule has 15 heavy (non-hydrogen) atoms. The lowest BCUT2D eigenvalue weighted by atomic mass is 10.1. The number of alkyl halides is 3. The molecule has 80 valence electrons. The van der Waals surface area contributed by atoms with Crippen molar-refractivity contribution in [3.8, 4) is 18.1 Å². The van der Waals surface area contributed by atoms with Crippen molar-refractivity contribution in [2.24, 2.45) is 0 Å². The lowest BCUT2D eigenvalue weighted by Gasteiger charge is -2.12. The maximum absolute atomic E-state index is 12.5. The minimum Gasteiger partial charge on any atom is -0.480 e. The van der Waals surface area contributed by atoms with E-state index in [4.69, 9.17) is 16.9 Å². The molecule has 0 aliphatic heterocycles. The predicted molar refractivity (Wildman–Crippen MR) is 50.2 cm³/mol. The van der Waals surface area contributed by atoms with Gasteiger partial charge in [-0.2, -0.15) is 13.2 Å². The molecule has 1 rings (SSSR count). The van der Waals surface area contributed by atoms with Crippen LogP contribution in [0.4, 0.5) is 18.9 Å². The van der Waals surface area contributed by atoms with E-state index in [0.29, 0.717) is 0 Å². The highest BCUT2D eigenvalue weighted by atomic mass is 19.4. The Bertz CT molecular complexity index is 393. The normalized spacial score (nSPS) is 10.8. The Morgan fingerprint density at radius 1 is 1.40 bits per heavy atom. The number of hydrogen-bond acceptors (Lipinski definition) is 2. The van der Waals surface area contributed by atoms with Crippen LogP contribution in [0.25, 0.3) is 0 Å². The molecule has 0 atom stereocenters. The Kier molecular flexibility index (Phi) is 3.10. The third-order valence-electron chi connectivity index (χ3n) is 1.62. The maximum atomic E-state index is 12.5. The van der Waals surface area contributed by atoms with Crippen molar-refractivity contribution < 1.29 is 17.9 Å². The van der Waals surface area contributed by atoms with Crippen LogP contribution in [0.1, 0.15) is 5.56 Å². The molecular weight excluding hydrogens is 207 g/mol. The predicted octanol–water partition coefficient (Wildman–Crippen LogP) is 2.30. The van der Waals surface area contributed by atoms with Crippen LogP contribution in [0.3, 0.4) is 0 Å². The van der Waals surface area contributed by atoms with Crippen molar-refractivity contribution in [2.75, 3.05) is 12.3 Å². The molecule has 0 saturated carbocycles. The first-order valence-corrected chi connectivity index (χ1v) is 3.98. The molecule has 0 saturated heterocycles. The fourth-order valence-corrected chi connectivity index (χ4v) is 1.01. The monoisotopic (exact) mass is 215 g/mol. The Labute approximate surface area is 84.8 Å². The summed E-state index contributed by atoms with van der Waals surface area (Å²) in [5, 5.41) is 0. The second-order valence-corrected chi connectivity index (χ2v) is 2.75. The molecule has 0 heterocycles. The highest BCUT2D eigenvalue weighted by Crippen LogP contribution is 2.37. The first kappa shape index (κ1) is 11.2. The molecule has 1 aromatic carbocycles. The van der Waals surface area contributed by atoms with Crippen LogP contribution in [0.15, 0.2) is 18.2 Å². The van der Waals surface area contributed by atoms with Crippen LogP contribution < -0.4 is 10.5 Å². The van der Waals surface area contributed by atoms with Crippen molar-refractivity contribution in [3.05, 3.63) is 23.8 Å². The first-order valence-electron chi connectivity index (χ1n) is 3.98. The zero-order valence-electron chi connectivity index (χ0n) is 7.64. The van der Waals surface area contributed by atoms with Crippen LogP contribution in [0.5, 0.6) is 5.75 Å². The average Bonchev–Trinajstić information content (AvgIpc) is 2.14. The van der Waals surface area contributed by atoms with Gasteiger partial charge in [0.05, 0.1) is 5.56 Å². The zero-order valence-corrected chi connectivity index (χ0v) is 7.64. The molecule has 0 aliphatic carbocycles. The number of nitrogens with two attached hydrogens (primary N) is 1. The summed E-state index contributed by atoms with van der Waals surface area (Å²) in [5.74, 6) is 1.78. The Balaban J connectivity index is 3.10. The van der Waals surface area contributed by atoms with E-state index in [0.717, 1.165) is 12.1 Å². The molecule has 0 radical (unpaired) electrons. The molecule has 2 nitrogen and oxygen atoms in total. The van der Waals surface area contributed by atoms with Gasteiger partial charge in [-0.25, -0.2) is 0 Å². The van der Waals surface area contributed by atoms with Crippen LogP contribution in [0, 0.1) is 12.3 Å². The van der Waals surface area contributed by atoms with E-state index in [2.05, 4.69) is 5.92 Å². The van der Waals surface area contributed by atoms with E-state index in [9.17, 15) is 13.2 Å². The Morgan fingerprint density at radius 3 is 2.60 bits per heavy atom. The zero-order chi connectivity index (χ0) is 11.5. The second kappa shape index (κ2) is 4.13. The summed E-state index contributed by atoms with van der Waals surface area (Å²) in [6.07, 6.45) is 0.384. The highest BCUT2D eigenvalue weighted by molar-refractivity contribution is 5.49. The van der Waals surface area contributed by atoms with Gasteiger partial charge in [-0.05, 0) is 18.2 Å². The summed E-state index contributed by atoms with van der Waals surface area (Å²) in [6.45, 7) is -0.215. The van der Waals surface area contributed by atoms with E-state index >= 15 is 0 Å². The number of rotatable bonds is 2. The number of anilines is 1. The van der Waals surface area contributed by atoms with E-state index in [1.54, 1.807) is 0 Å². The Hall–Kier alpha value is -1.83. The van der Waals surface area contributed by atoms with Gasteiger partial charge in [-0.15, -0.1) is 6.42 Å². The van der Waals surface area contributed by atoms with Crippen molar-refractivity contribution in [2.45, 2.75) is 6.18 Å². The van der Waals surface area contributed by atoms with Crippen LogP contribution in [-0.4, -0.2) is 6.61 Å². The molecule has 0 amide bonds. The largest absolute Gasteiger partial charge is 0.480 e. The van der Waals surface area contributed by atoms with Gasteiger partial charge in [0.1, 0.15) is 12.4 Å². The van der Waals surface area contributed by atoms with E-state index in [1.165, 1.54) is 6.07 Å². The van der Waals surface area contributed by atoms with Gasteiger partial charge in [0.25, 0.3) is 0 Å². The fraction of sp³-hybridized carbons (Fsp3) is 0.200. The third kappa shape index (κ3) is 2.81. The van der Waals surface area contributed by atoms with E-state index in [1.807, 2.05) is 0 Å². The van der Waals surface area contributed by atoms with Gasteiger partial charge in [0, 0.05) is 5.69 Å². The summed E-state index contributed by atoms with van der Waals surface area (Å²) in [4.78, 5) is 0. The minimum absolute atomic E-state index is 0.0235. The van der Waals surface area contributed by atoms with Gasteiger partial charge in [0.15, 0.2) is 0 Å². The third-order valence-corrected chi connectivity index (χ3v) is 1.62. The van der Waals surface area contributed by atoms with Crippen molar-refractivity contribution in [1.82, 2.24) is 0 Å². The Morgan fingerprint density at radius 2 is 2.07 bits per heavy atom.